The van der Waals surface area contributed by atoms with Crippen LogP contribution in [-0.2, 0) is 13.1 Å². The number of Topliss-reactive ketones (excluding diaryl/α,β-unsaturated/α-hetero) is 1. The molecule has 0 bridgehead atoms. The average Bonchev–Trinajstić information content (AvgIpc) is 2.40. The molecule has 94 valence electrons. The van der Waals surface area contributed by atoms with E-state index in [1.54, 1.807) is 0 Å². The van der Waals surface area contributed by atoms with Crippen LogP contribution >= 0.6 is 0 Å². The van der Waals surface area contributed by atoms with Crippen LogP contribution in [0.1, 0.15) is 15.9 Å². The van der Waals surface area contributed by atoms with Crippen molar-refractivity contribution in [3.63, 3.8) is 0 Å². The molecule has 4 heteroatoms. The molecular weight excluding hydrogens is 292 g/mol. The van der Waals surface area contributed by atoms with Gasteiger partial charge in [-0.1, -0.05) is 24.3 Å². The maximum atomic E-state index is 12.0. The Hall–Kier alpha value is -1.52. The smallest absolute Gasteiger partial charge is 0.227 e. The van der Waals surface area contributed by atoms with Crippen LogP contribution in [0.15, 0.2) is 54.9 Å². The number of nitrogens with two attached hydrogens (primary N) is 1. The number of hydrogen-bond acceptors (Lipinski definition) is 2. The number of benzene rings is 1. The first-order chi connectivity index (χ1) is 8.29. The van der Waals surface area contributed by atoms with Gasteiger partial charge in [-0.25, -0.2) is 0 Å². The molecule has 0 aliphatic rings. The molecule has 0 unspecified atom stereocenters. The zero-order valence-corrected chi connectivity index (χ0v) is 11.5. The van der Waals surface area contributed by atoms with Gasteiger partial charge in [-0.3, -0.25) is 4.79 Å². The van der Waals surface area contributed by atoms with E-state index in [2.05, 4.69) is 0 Å². The van der Waals surface area contributed by atoms with Crippen LogP contribution in [0.3, 0.4) is 0 Å². The van der Waals surface area contributed by atoms with Crippen molar-refractivity contribution in [1.29, 1.82) is 0 Å². The minimum atomic E-state index is 0. The van der Waals surface area contributed by atoms with Crippen molar-refractivity contribution in [2.24, 2.45) is 5.73 Å². The molecule has 0 saturated carbocycles. The van der Waals surface area contributed by atoms with Gasteiger partial charge in [0.05, 0.1) is 0 Å². The van der Waals surface area contributed by atoms with E-state index in [0.29, 0.717) is 18.7 Å². The maximum Gasteiger partial charge on any atom is 0.227 e. The summed E-state index contributed by atoms with van der Waals surface area (Å²) in [5.41, 5.74) is 7.25. The zero-order chi connectivity index (χ0) is 12.1. The Kier molecular flexibility index (Phi) is 5.68. The summed E-state index contributed by atoms with van der Waals surface area (Å²) in [7, 11) is 0. The second-order valence-corrected chi connectivity index (χ2v) is 3.88. The summed E-state index contributed by atoms with van der Waals surface area (Å²) in [4.78, 5) is 12.0. The predicted octanol–water partition coefficient (Wildman–Crippen LogP) is -1.68. The second-order valence-electron chi connectivity index (χ2n) is 3.88. The molecule has 0 saturated heterocycles. The van der Waals surface area contributed by atoms with Gasteiger partial charge in [-0.2, -0.15) is 4.57 Å². The number of nitrogens with zero attached hydrogens (tertiary/aromatic N) is 1. The lowest BCUT2D eigenvalue weighted by atomic mass is 10.1. The topological polar surface area (TPSA) is 47.0 Å². The molecule has 0 atom stereocenters. The number of rotatable bonds is 4. The number of carbonyl (C=O) groups is 1. The fourth-order valence-electron chi connectivity index (χ4n) is 1.67. The first-order valence-electron chi connectivity index (χ1n) is 5.56. The fraction of sp³-hybridized carbons (Fsp3) is 0.143. The minimum absolute atomic E-state index is 0. The van der Waals surface area contributed by atoms with E-state index >= 15 is 0 Å². The van der Waals surface area contributed by atoms with Gasteiger partial charge in [0.2, 0.25) is 12.3 Å². The molecule has 2 aromatic rings. The molecule has 1 heterocycles. The maximum absolute atomic E-state index is 12.0. The first-order valence-corrected chi connectivity index (χ1v) is 5.56. The second kappa shape index (κ2) is 7.03. The molecule has 0 aliphatic heterocycles. The van der Waals surface area contributed by atoms with Gasteiger partial charge in [0.15, 0.2) is 12.4 Å². The molecule has 2 N–H and O–H groups in total. The molecule has 0 aliphatic carbocycles. The zero-order valence-electron chi connectivity index (χ0n) is 9.92. The van der Waals surface area contributed by atoms with Crippen molar-refractivity contribution < 1.29 is 26.3 Å². The number of halogens is 1. The van der Waals surface area contributed by atoms with Crippen LogP contribution in [0.2, 0.25) is 0 Å². The molecule has 0 amide bonds. The van der Waals surface area contributed by atoms with Crippen molar-refractivity contribution in [2.75, 3.05) is 0 Å². The molecule has 1 aromatic carbocycles. The monoisotopic (exact) mass is 306 g/mol. The van der Waals surface area contributed by atoms with E-state index in [-0.39, 0.29) is 22.8 Å². The Morgan fingerprint density at radius 1 is 1.11 bits per heavy atom. The van der Waals surface area contributed by atoms with Crippen LogP contribution in [0.5, 0.6) is 0 Å². The highest BCUT2D eigenvalue weighted by atomic mass is 79.9. The number of carbonyl (C=O) groups excluding carboxylic acids is 1. The molecule has 0 spiro atoms. The Morgan fingerprint density at radius 3 is 2.50 bits per heavy atom. The summed E-state index contributed by atoms with van der Waals surface area (Å²) >= 11 is 0. The van der Waals surface area contributed by atoms with Crippen LogP contribution in [0.4, 0.5) is 0 Å². The quantitative estimate of drug-likeness (QED) is 0.542. The molecule has 1 aromatic heterocycles. The normalized spacial score (nSPS) is 9.61. The van der Waals surface area contributed by atoms with Gasteiger partial charge in [0.25, 0.3) is 0 Å². The van der Waals surface area contributed by atoms with Crippen LogP contribution in [-0.4, -0.2) is 5.78 Å². The van der Waals surface area contributed by atoms with Crippen molar-refractivity contribution >= 4 is 5.78 Å². The van der Waals surface area contributed by atoms with Gasteiger partial charge < -0.3 is 22.7 Å². The average molecular weight is 307 g/mol. The van der Waals surface area contributed by atoms with Crippen LogP contribution in [0.25, 0.3) is 0 Å². The highest BCUT2D eigenvalue weighted by molar-refractivity contribution is 5.95. The molecule has 0 fully saturated rings. The summed E-state index contributed by atoms with van der Waals surface area (Å²) in [5.74, 6) is 0.0940. The van der Waals surface area contributed by atoms with Gasteiger partial charge in [0, 0.05) is 24.2 Å². The largest absolute Gasteiger partial charge is 1.00 e. The third-order valence-corrected chi connectivity index (χ3v) is 2.59. The van der Waals surface area contributed by atoms with Gasteiger partial charge >= 0.3 is 0 Å². The summed E-state index contributed by atoms with van der Waals surface area (Å²) in [5, 5.41) is 0. The number of aromatic nitrogens is 1. The van der Waals surface area contributed by atoms with Crippen molar-refractivity contribution in [3.8, 4) is 0 Å². The van der Waals surface area contributed by atoms with Gasteiger partial charge in [-0.05, 0) is 11.6 Å². The van der Waals surface area contributed by atoms with Gasteiger partial charge in [0.1, 0.15) is 0 Å². The lowest BCUT2D eigenvalue weighted by Crippen LogP contribution is -3.00. The summed E-state index contributed by atoms with van der Waals surface area (Å²) in [6.45, 7) is 0.814. The van der Waals surface area contributed by atoms with E-state index in [4.69, 9.17) is 5.73 Å². The van der Waals surface area contributed by atoms with Gasteiger partial charge in [-0.15, -0.1) is 0 Å². The predicted molar refractivity (Wildman–Crippen MR) is 65.3 cm³/mol. The standard InChI is InChI=1S/C14H15N2O.BrH/c15-10-12-5-4-6-13(9-12)14(17)11-16-7-2-1-3-8-16;/h1-9H,10-11,15H2;1H/q+1;/p-1. The first kappa shape index (κ1) is 14.5. The van der Waals surface area contributed by atoms with Crippen molar-refractivity contribution in [1.82, 2.24) is 0 Å². The fourth-order valence-corrected chi connectivity index (χ4v) is 1.67. The summed E-state index contributed by atoms with van der Waals surface area (Å²) < 4.78 is 1.86. The lowest BCUT2D eigenvalue weighted by molar-refractivity contribution is -0.683. The summed E-state index contributed by atoms with van der Waals surface area (Å²) in [6.07, 6.45) is 3.76. The Bertz CT molecular complexity index is 514. The molecule has 3 nitrogen and oxygen atoms in total. The van der Waals surface area contributed by atoms with E-state index < -0.39 is 0 Å². The van der Waals surface area contributed by atoms with E-state index in [0.717, 1.165) is 5.56 Å². The van der Waals surface area contributed by atoms with E-state index in [1.165, 1.54) is 0 Å². The minimum Gasteiger partial charge on any atom is -1.00 e. The lowest BCUT2D eigenvalue weighted by Gasteiger charge is -2.01. The van der Waals surface area contributed by atoms with E-state index in [9.17, 15) is 4.79 Å². The van der Waals surface area contributed by atoms with E-state index in [1.807, 2.05) is 59.4 Å². The number of ketones is 1. The third kappa shape index (κ3) is 3.75. The Morgan fingerprint density at radius 2 is 1.83 bits per heavy atom. The number of hydrogen-bond donors (Lipinski definition) is 1. The van der Waals surface area contributed by atoms with Crippen molar-refractivity contribution in [3.05, 3.63) is 66.0 Å². The molecule has 0 radical (unpaired) electrons. The molecule has 18 heavy (non-hydrogen) atoms. The number of pyridine rings is 1. The highest BCUT2D eigenvalue weighted by Gasteiger charge is 2.11. The Labute approximate surface area is 117 Å². The van der Waals surface area contributed by atoms with Crippen LogP contribution in [0, 0.1) is 0 Å². The van der Waals surface area contributed by atoms with Crippen molar-refractivity contribution in [2.45, 2.75) is 13.1 Å². The van der Waals surface area contributed by atoms with Crippen LogP contribution < -0.4 is 27.3 Å². The highest BCUT2D eigenvalue weighted by Crippen LogP contribution is 2.05. The Balaban J connectivity index is 0.00000162. The SMILES string of the molecule is NCc1cccc(C(=O)C[n+]2ccccc2)c1.[Br-]. The summed E-state index contributed by atoms with van der Waals surface area (Å²) in [6, 6.07) is 13.2. The molecular formula is C14H15BrN2O. The molecule has 2 rings (SSSR count). The third-order valence-electron chi connectivity index (χ3n) is 2.59.